The number of piperidine rings is 1. The van der Waals surface area contributed by atoms with Gasteiger partial charge in [-0.3, -0.25) is 24.7 Å². The Bertz CT molecular complexity index is 1450. The molecule has 16 nitrogen and oxygen atoms in total. The summed E-state index contributed by atoms with van der Waals surface area (Å²) in [6.45, 7) is 0.706. The van der Waals surface area contributed by atoms with E-state index in [1.54, 1.807) is 12.1 Å². The van der Waals surface area contributed by atoms with Gasteiger partial charge in [0.1, 0.15) is 5.75 Å². The molecule has 0 aliphatic carbocycles. The third-order valence-electron chi connectivity index (χ3n) is 7.47. The Morgan fingerprint density at radius 3 is 2.51 bits per heavy atom. The molecule has 1 saturated heterocycles. The fourth-order valence-electron chi connectivity index (χ4n) is 4.75. The van der Waals surface area contributed by atoms with Crippen LogP contribution in [-0.4, -0.2) is 113 Å². The zero-order valence-corrected chi connectivity index (χ0v) is 25.5. The standard InChI is InChI=1S/C28H36ClN9O7/c1-37(12-13-39)20(41)14-45-21(42)15-44-18-5-2-17(3-6-18)4-7-19(40)38-10-8-28(9-11-38)16-32-27(36-28)35-26(43)22-24(30)34-25(31)23(29)33-22/h2-3,5-6,39H,4,7-16H2,1H3,(H4,30,31,34)(H2,32,35,36,43). The Kier molecular flexibility index (Phi) is 11.0. The molecule has 1 spiro atoms. The highest BCUT2D eigenvalue weighted by Crippen LogP contribution is 2.26. The summed E-state index contributed by atoms with van der Waals surface area (Å²) in [5.74, 6) is -1.18. The van der Waals surface area contributed by atoms with Gasteiger partial charge in [0.15, 0.2) is 41.7 Å². The molecular formula is C28H36ClN9O7. The van der Waals surface area contributed by atoms with Crippen molar-refractivity contribution >= 4 is 52.9 Å². The van der Waals surface area contributed by atoms with E-state index in [0.717, 1.165) is 5.56 Å². The number of nitrogens with two attached hydrogens (primary N) is 2. The second-order valence-corrected chi connectivity index (χ2v) is 11.0. The molecule has 4 rings (SSSR count). The third-order valence-corrected chi connectivity index (χ3v) is 7.75. The Balaban J connectivity index is 1.15. The number of esters is 1. The molecule has 0 unspecified atom stereocenters. The molecule has 1 fully saturated rings. The summed E-state index contributed by atoms with van der Waals surface area (Å²) in [6, 6.07) is 7.03. The van der Waals surface area contributed by atoms with Crippen LogP contribution in [0.3, 0.4) is 0 Å². The maximum atomic E-state index is 12.9. The minimum Gasteiger partial charge on any atom is -0.482 e. The van der Waals surface area contributed by atoms with Crippen LogP contribution in [0.25, 0.3) is 0 Å². The van der Waals surface area contributed by atoms with Gasteiger partial charge < -0.3 is 41.2 Å². The van der Waals surface area contributed by atoms with Crippen molar-refractivity contribution in [3.8, 4) is 5.75 Å². The van der Waals surface area contributed by atoms with E-state index < -0.39 is 24.4 Å². The summed E-state index contributed by atoms with van der Waals surface area (Å²) >= 11 is 5.87. The lowest BCUT2D eigenvalue weighted by Crippen LogP contribution is -2.57. The first-order chi connectivity index (χ1) is 21.5. The molecule has 2 aliphatic rings. The van der Waals surface area contributed by atoms with Crippen LogP contribution >= 0.6 is 11.6 Å². The Morgan fingerprint density at radius 1 is 1.11 bits per heavy atom. The van der Waals surface area contributed by atoms with Crippen LogP contribution in [-0.2, 0) is 25.5 Å². The van der Waals surface area contributed by atoms with E-state index in [1.165, 1.54) is 11.9 Å². The molecule has 2 aromatic rings. The van der Waals surface area contributed by atoms with Gasteiger partial charge in [0.25, 0.3) is 11.8 Å². The minimum atomic E-state index is -0.692. The molecule has 0 saturated carbocycles. The SMILES string of the molecule is CN(CCO)C(=O)COC(=O)COc1ccc(CCC(=O)N2CCC3(CC2)CN=C(NC(=O)c2nc(Cl)c(N)nc2N)N3)cc1. The first kappa shape index (κ1) is 33.2. The van der Waals surface area contributed by atoms with Crippen molar-refractivity contribution in [2.45, 2.75) is 31.2 Å². The summed E-state index contributed by atoms with van der Waals surface area (Å²) in [5, 5.41) is 14.7. The minimum absolute atomic E-state index is 0.0359. The number of aliphatic hydroxyl groups is 1. The Hall–Kier alpha value is -4.70. The van der Waals surface area contributed by atoms with Gasteiger partial charge in [0.2, 0.25) is 5.91 Å². The summed E-state index contributed by atoms with van der Waals surface area (Å²) in [5.41, 5.74) is 11.7. The van der Waals surface area contributed by atoms with E-state index in [0.29, 0.717) is 51.1 Å². The summed E-state index contributed by atoms with van der Waals surface area (Å²) in [6.07, 6.45) is 2.17. The largest absolute Gasteiger partial charge is 0.482 e. The maximum Gasteiger partial charge on any atom is 0.344 e. The average Bonchev–Trinajstić information content (AvgIpc) is 3.41. The summed E-state index contributed by atoms with van der Waals surface area (Å²) in [7, 11) is 1.50. The second kappa shape index (κ2) is 14.9. The molecule has 17 heteroatoms. The molecule has 3 heterocycles. The number of nitrogens with one attached hydrogen (secondary N) is 2. The van der Waals surface area contributed by atoms with Gasteiger partial charge in [-0.25, -0.2) is 14.8 Å². The average molecular weight is 646 g/mol. The van der Waals surface area contributed by atoms with Crippen LogP contribution in [0.2, 0.25) is 5.15 Å². The number of likely N-dealkylation sites (tertiary alicyclic amines) is 1. The number of benzene rings is 1. The number of amides is 3. The monoisotopic (exact) mass is 645 g/mol. The van der Waals surface area contributed by atoms with Crippen molar-refractivity contribution in [2.75, 3.05) is 64.5 Å². The number of carbonyl (C=O) groups excluding carboxylic acids is 4. The molecule has 0 atom stereocenters. The maximum absolute atomic E-state index is 12.9. The molecule has 0 radical (unpaired) electrons. The number of carbonyl (C=O) groups is 4. The molecule has 1 aromatic heterocycles. The molecule has 242 valence electrons. The topological polar surface area (TPSA) is 228 Å². The number of anilines is 2. The second-order valence-electron chi connectivity index (χ2n) is 10.7. The van der Waals surface area contributed by atoms with E-state index in [4.69, 9.17) is 37.6 Å². The van der Waals surface area contributed by atoms with E-state index >= 15 is 0 Å². The number of aromatic nitrogens is 2. The molecule has 3 amide bonds. The normalized spacial score (nSPS) is 15.2. The number of aliphatic hydroxyl groups excluding tert-OH is 1. The van der Waals surface area contributed by atoms with Crippen LogP contribution in [0.1, 0.15) is 35.3 Å². The number of halogens is 1. The predicted octanol–water partition coefficient (Wildman–Crippen LogP) is -0.650. The quantitative estimate of drug-likeness (QED) is 0.192. The number of hydrogen-bond donors (Lipinski definition) is 5. The lowest BCUT2D eigenvalue weighted by Gasteiger charge is -2.39. The number of hydrogen-bond acceptors (Lipinski definition) is 13. The molecule has 1 aromatic carbocycles. The number of ether oxygens (including phenoxy) is 2. The zero-order valence-electron chi connectivity index (χ0n) is 24.8. The van der Waals surface area contributed by atoms with Crippen LogP contribution < -0.4 is 26.8 Å². The van der Waals surface area contributed by atoms with Gasteiger partial charge in [0, 0.05) is 33.1 Å². The predicted molar refractivity (Wildman–Crippen MR) is 163 cm³/mol. The number of nitrogens with zero attached hydrogens (tertiary/aromatic N) is 5. The first-order valence-corrected chi connectivity index (χ1v) is 14.6. The fourth-order valence-corrected chi connectivity index (χ4v) is 4.87. The molecule has 2 aliphatic heterocycles. The van der Waals surface area contributed by atoms with Gasteiger partial charge in [-0.05, 0) is 37.0 Å². The van der Waals surface area contributed by atoms with Gasteiger partial charge in [-0.1, -0.05) is 23.7 Å². The number of guanidine groups is 1. The summed E-state index contributed by atoms with van der Waals surface area (Å²) in [4.78, 5) is 64.4. The lowest BCUT2D eigenvalue weighted by molar-refractivity contribution is -0.153. The smallest absolute Gasteiger partial charge is 0.344 e. The van der Waals surface area contributed by atoms with E-state index in [9.17, 15) is 19.2 Å². The van der Waals surface area contributed by atoms with Crippen molar-refractivity contribution in [3.63, 3.8) is 0 Å². The summed E-state index contributed by atoms with van der Waals surface area (Å²) < 4.78 is 10.3. The van der Waals surface area contributed by atoms with Gasteiger partial charge in [-0.2, -0.15) is 0 Å². The van der Waals surface area contributed by atoms with Gasteiger partial charge in [0.05, 0.1) is 18.7 Å². The Labute approximate surface area is 264 Å². The number of aliphatic imine (C=N–C) groups is 1. The molecule has 7 N–H and O–H groups in total. The van der Waals surface area contributed by atoms with Crippen LogP contribution in [0, 0.1) is 0 Å². The van der Waals surface area contributed by atoms with E-state index in [1.807, 2.05) is 17.0 Å². The van der Waals surface area contributed by atoms with Crippen LogP contribution in [0.5, 0.6) is 5.75 Å². The highest BCUT2D eigenvalue weighted by Gasteiger charge is 2.40. The highest BCUT2D eigenvalue weighted by atomic mass is 35.5. The van der Waals surface area contributed by atoms with Gasteiger partial charge >= 0.3 is 5.97 Å². The zero-order chi connectivity index (χ0) is 32.6. The Morgan fingerprint density at radius 2 is 1.82 bits per heavy atom. The number of rotatable bonds is 11. The van der Waals surface area contributed by atoms with E-state index in [2.05, 4.69) is 25.6 Å². The van der Waals surface area contributed by atoms with Crippen molar-refractivity contribution in [2.24, 2.45) is 4.99 Å². The van der Waals surface area contributed by atoms with Gasteiger partial charge in [-0.15, -0.1) is 0 Å². The number of likely N-dealkylation sites (N-methyl/N-ethyl adjacent to an activating group) is 1. The molecular weight excluding hydrogens is 610 g/mol. The van der Waals surface area contributed by atoms with Crippen molar-refractivity contribution in [1.29, 1.82) is 0 Å². The van der Waals surface area contributed by atoms with Crippen molar-refractivity contribution in [3.05, 3.63) is 40.7 Å². The van der Waals surface area contributed by atoms with E-state index in [-0.39, 0.29) is 59.6 Å². The van der Waals surface area contributed by atoms with Crippen molar-refractivity contribution in [1.82, 2.24) is 30.4 Å². The number of nitrogen functional groups attached to an aromatic ring is 2. The highest BCUT2D eigenvalue weighted by molar-refractivity contribution is 6.31. The number of aryl methyl sites for hydroxylation is 1. The molecule has 45 heavy (non-hydrogen) atoms. The molecule has 0 bridgehead atoms. The first-order valence-electron chi connectivity index (χ1n) is 14.2. The van der Waals surface area contributed by atoms with Crippen LogP contribution in [0.4, 0.5) is 11.6 Å². The van der Waals surface area contributed by atoms with Crippen LogP contribution in [0.15, 0.2) is 29.3 Å². The fraction of sp³-hybridized carbons (Fsp3) is 0.464. The van der Waals surface area contributed by atoms with Crippen molar-refractivity contribution < 1.29 is 33.8 Å². The third kappa shape index (κ3) is 8.92. The lowest BCUT2D eigenvalue weighted by atomic mass is 9.88.